The molecule has 0 radical (unpaired) electrons. The standard InChI is InChI=1S/C54H70O3P/c1-49(2,3)35-23-33-26-43(51(7,8)9)40(30-38(33)45(28-35)53(13,14)15)41-25-32-21-19-20-22-37(32)47(48(41)58(55,56)57)42-31-39-34(27-44(42)52(10,11)12)24-36(50(4,5)6)29-46(39)54(16,17)18/h19-31,55-57H,1-18H3/q+1. The van der Waals surface area contributed by atoms with Gasteiger partial charge in [-0.2, -0.15) is 14.7 Å². The van der Waals surface area contributed by atoms with Gasteiger partial charge in [-0.25, -0.2) is 0 Å². The normalized spacial score (nSPS) is 13.9. The van der Waals surface area contributed by atoms with Crippen molar-refractivity contribution in [2.24, 2.45) is 0 Å². The van der Waals surface area contributed by atoms with Crippen LogP contribution < -0.4 is 5.30 Å². The van der Waals surface area contributed by atoms with Crippen LogP contribution >= 0.6 is 7.94 Å². The lowest BCUT2D eigenvalue weighted by atomic mass is 9.74. The molecule has 0 spiro atoms. The second-order valence-electron chi connectivity index (χ2n) is 23.2. The Balaban J connectivity index is 1.89. The van der Waals surface area contributed by atoms with Gasteiger partial charge in [0.1, 0.15) is 0 Å². The van der Waals surface area contributed by atoms with Crippen molar-refractivity contribution in [2.75, 3.05) is 0 Å². The molecular formula is C54H70O3P+. The molecule has 0 aliphatic heterocycles. The molecule has 0 unspecified atom stereocenters. The molecule has 0 atom stereocenters. The predicted molar refractivity (Wildman–Crippen MR) is 255 cm³/mol. The molecule has 6 aromatic rings. The maximum Gasteiger partial charge on any atom is 0.442 e. The summed E-state index contributed by atoms with van der Waals surface area (Å²) in [5, 5.41) is 6.65. The van der Waals surface area contributed by atoms with E-state index in [2.05, 4.69) is 191 Å². The number of hydrogen-bond donors (Lipinski definition) is 3. The Labute approximate surface area is 350 Å². The van der Waals surface area contributed by atoms with Crippen molar-refractivity contribution >= 4 is 45.6 Å². The minimum absolute atomic E-state index is 0.0459. The first-order valence-electron chi connectivity index (χ1n) is 21.1. The van der Waals surface area contributed by atoms with Gasteiger partial charge >= 0.3 is 7.94 Å². The van der Waals surface area contributed by atoms with E-state index < -0.39 is 7.94 Å². The second-order valence-corrected chi connectivity index (χ2v) is 24.8. The minimum Gasteiger partial charge on any atom is -0.189 e. The van der Waals surface area contributed by atoms with Crippen molar-refractivity contribution in [3.8, 4) is 22.3 Å². The Morgan fingerprint density at radius 1 is 0.345 bits per heavy atom. The summed E-state index contributed by atoms with van der Waals surface area (Å²) in [6, 6.07) is 28.9. The van der Waals surface area contributed by atoms with E-state index in [4.69, 9.17) is 0 Å². The van der Waals surface area contributed by atoms with Crippen molar-refractivity contribution in [1.29, 1.82) is 0 Å². The molecule has 4 heteroatoms. The summed E-state index contributed by atoms with van der Waals surface area (Å²) in [4.78, 5) is 36.0. The summed E-state index contributed by atoms with van der Waals surface area (Å²) in [5.41, 5.74) is 9.29. The number of benzene rings is 6. The van der Waals surface area contributed by atoms with Gasteiger partial charge in [-0.3, -0.25) is 0 Å². The summed E-state index contributed by atoms with van der Waals surface area (Å²) >= 11 is 0. The quantitative estimate of drug-likeness (QED) is 0.156. The second kappa shape index (κ2) is 14.0. The molecule has 0 saturated heterocycles. The van der Waals surface area contributed by atoms with E-state index in [1.165, 1.54) is 33.0 Å². The molecule has 3 N–H and O–H groups in total. The number of rotatable bonds is 3. The van der Waals surface area contributed by atoms with Crippen LogP contribution in [-0.2, 0) is 32.5 Å². The third-order valence-electron chi connectivity index (χ3n) is 12.0. The molecular weight excluding hydrogens is 728 g/mol. The van der Waals surface area contributed by atoms with Crippen molar-refractivity contribution in [2.45, 2.75) is 157 Å². The first-order valence-corrected chi connectivity index (χ1v) is 22.7. The molecule has 0 saturated carbocycles. The third-order valence-corrected chi connectivity index (χ3v) is 13.1. The molecule has 0 amide bonds. The van der Waals surface area contributed by atoms with Gasteiger partial charge in [0.05, 0.1) is 0 Å². The monoisotopic (exact) mass is 798 g/mol. The molecule has 0 aromatic heterocycles. The van der Waals surface area contributed by atoms with E-state index in [1.807, 2.05) is 12.1 Å². The van der Waals surface area contributed by atoms with Crippen LogP contribution in [0.1, 0.15) is 158 Å². The Morgan fingerprint density at radius 3 is 1.14 bits per heavy atom. The lowest BCUT2D eigenvalue weighted by molar-refractivity contribution is 0.347. The lowest BCUT2D eigenvalue weighted by Crippen LogP contribution is -2.22. The zero-order chi connectivity index (χ0) is 43.5. The van der Waals surface area contributed by atoms with Crippen LogP contribution in [0.15, 0.2) is 78.9 Å². The maximum atomic E-state index is 12.0. The SMILES string of the molecule is CC(C)(C)c1cc(C(C)(C)C)c2cc(-c3cc4ccccc4c(-c4cc5c(C(C)(C)C)cc(C(C)(C)C)cc5cc4C(C)(C)C)c3[P+](O)(O)O)c(C(C)(C)C)cc2c1. The Hall–Kier alpha value is -3.59. The smallest absolute Gasteiger partial charge is 0.189 e. The fourth-order valence-electron chi connectivity index (χ4n) is 8.73. The Kier molecular flexibility index (Phi) is 10.6. The van der Waals surface area contributed by atoms with Gasteiger partial charge < -0.3 is 0 Å². The van der Waals surface area contributed by atoms with Crippen molar-refractivity contribution in [3.63, 3.8) is 0 Å². The first kappa shape index (κ1) is 44.0. The van der Waals surface area contributed by atoms with Crippen molar-refractivity contribution in [3.05, 3.63) is 112 Å². The maximum absolute atomic E-state index is 12.0. The van der Waals surface area contributed by atoms with Gasteiger partial charge in [0.25, 0.3) is 0 Å². The van der Waals surface area contributed by atoms with E-state index in [0.717, 1.165) is 43.8 Å². The Bertz CT molecular complexity index is 2580. The van der Waals surface area contributed by atoms with Crippen LogP contribution in [-0.4, -0.2) is 14.7 Å². The molecule has 6 aromatic carbocycles. The van der Waals surface area contributed by atoms with E-state index in [9.17, 15) is 14.7 Å². The zero-order valence-corrected chi connectivity index (χ0v) is 39.7. The van der Waals surface area contributed by atoms with Gasteiger partial charge in [0, 0.05) is 11.1 Å². The van der Waals surface area contributed by atoms with E-state index >= 15 is 0 Å². The van der Waals surface area contributed by atoms with Gasteiger partial charge in [-0.1, -0.05) is 173 Å². The highest BCUT2D eigenvalue weighted by molar-refractivity contribution is 7.67. The molecule has 0 bridgehead atoms. The number of fused-ring (bicyclic) bond motifs is 3. The summed E-state index contributed by atoms with van der Waals surface area (Å²) in [5.74, 6) is 0. The molecule has 308 valence electrons. The fourth-order valence-corrected chi connectivity index (χ4v) is 9.78. The highest BCUT2D eigenvalue weighted by Gasteiger charge is 2.44. The molecule has 0 aliphatic rings. The topological polar surface area (TPSA) is 60.7 Å². The molecule has 0 aliphatic carbocycles. The van der Waals surface area contributed by atoms with E-state index in [1.54, 1.807) is 0 Å². The van der Waals surface area contributed by atoms with Gasteiger partial charge in [-0.05, 0) is 140 Å². The Morgan fingerprint density at radius 2 is 0.741 bits per heavy atom. The average Bonchev–Trinajstić information content (AvgIpc) is 3.05. The summed E-state index contributed by atoms with van der Waals surface area (Å²) < 4.78 is 0. The van der Waals surface area contributed by atoms with Gasteiger partial charge in [-0.15, -0.1) is 0 Å². The summed E-state index contributed by atoms with van der Waals surface area (Å²) in [6.07, 6.45) is 0. The van der Waals surface area contributed by atoms with Crippen LogP contribution in [0.5, 0.6) is 0 Å². The minimum atomic E-state index is -4.69. The van der Waals surface area contributed by atoms with Crippen LogP contribution in [0.3, 0.4) is 0 Å². The molecule has 0 fully saturated rings. The molecule has 0 heterocycles. The van der Waals surface area contributed by atoms with Crippen LogP contribution in [0.4, 0.5) is 0 Å². The van der Waals surface area contributed by atoms with E-state index in [0.29, 0.717) is 11.1 Å². The van der Waals surface area contributed by atoms with Crippen LogP contribution in [0, 0.1) is 0 Å². The fraction of sp³-hybridized carbons (Fsp3) is 0.444. The summed E-state index contributed by atoms with van der Waals surface area (Å²) in [7, 11) is -4.69. The van der Waals surface area contributed by atoms with Crippen LogP contribution in [0.2, 0.25) is 0 Å². The predicted octanol–water partition coefficient (Wildman–Crippen LogP) is 14.6. The van der Waals surface area contributed by atoms with E-state index in [-0.39, 0.29) is 37.8 Å². The van der Waals surface area contributed by atoms with Crippen molar-refractivity contribution in [1.82, 2.24) is 0 Å². The molecule has 58 heavy (non-hydrogen) atoms. The lowest BCUT2D eigenvalue weighted by Gasteiger charge is -2.31. The van der Waals surface area contributed by atoms with Gasteiger partial charge in [0.15, 0.2) is 5.30 Å². The van der Waals surface area contributed by atoms with Gasteiger partial charge in [0.2, 0.25) is 0 Å². The molecule has 3 nitrogen and oxygen atoms in total. The average molecular weight is 798 g/mol. The highest BCUT2D eigenvalue weighted by atomic mass is 31.2. The zero-order valence-electron chi connectivity index (χ0n) is 38.8. The van der Waals surface area contributed by atoms with Crippen LogP contribution in [0.25, 0.3) is 54.6 Å². The van der Waals surface area contributed by atoms with Crippen molar-refractivity contribution < 1.29 is 14.7 Å². The third kappa shape index (κ3) is 8.27. The first-order chi connectivity index (χ1) is 26.2. The number of hydrogen-bond acceptors (Lipinski definition) is 3. The summed E-state index contributed by atoms with van der Waals surface area (Å²) in [6.45, 7) is 40.5. The highest BCUT2D eigenvalue weighted by Crippen LogP contribution is 2.54. The largest absolute Gasteiger partial charge is 0.442 e. The molecule has 6 rings (SSSR count).